The van der Waals surface area contributed by atoms with Crippen LogP contribution in [0.15, 0.2) is 72.9 Å². The van der Waals surface area contributed by atoms with Crippen molar-refractivity contribution in [2.24, 2.45) is 0 Å². The molecule has 0 spiro atoms. The summed E-state index contributed by atoms with van der Waals surface area (Å²) in [6.07, 6.45) is 36.7. The number of esters is 2. The lowest BCUT2D eigenvalue weighted by atomic mass is 9.99. The summed E-state index contributed by atoms with van der Waals surface area (Å²) >= 11 is 0. The van der Waals surface area contributed by atoms with Gasteiger partial charge in [0.05, 0.1) is 6.61 Å². The number of carbonyl (C=O) groups is 3. The largest absolute Gasteiger partial charge is 0.479 e. The minimum atomic E-state index is -1.87. The Bertz CT molecular complexity index is 1240. The molecule has 330 valence electrons. The smallest absolute Gasteiger partial charge is 0.335 e. The van der Waals surface area contributed by atoms with Gasteiger partial charge < -0.3 is 39.4 Å². The van der Waals surface area contributed by atoms with E-state index < -0.39 is 61.3 Å². The van der Waals surface area contributed by atoms with Crippen LogP contribution in [0.4, 0.5) is 0 Å². The van der Waals surface area contributed by atoms with Gasteiger partial charge >= 0.3 is 17.9 Å². The Labute approximate surface area is 348 Å². The topological polar surface area (TPSA) is 169 Å². The van der Waals surface area contributed by atoms with Crippen LogP contribution < -0.4 is 0 Å². The first-order valence-corrected chi connectivity index (χ1v) is 22.0. The van der Waals surface area contributed by atoms with E-state index in [1.807, 2.05) is 0 Å². The summed E-state index contributed by atoms with van der Waals surface area (Å²) in [6, 6.07) is 0. The van der Waals surface area contributed by atoms with Gasteiger partial charge in [-0.25, -0.2) is 4.79 Å². The molecule has 0 aromatic rings. The fourth-order valence-electron chi connectivity index (χ4n) is 6.08. The quantitative estimate of drug-likeness (QED) is 0.0273. The van der Waals surface area contributed by atoms with Crippen LogP contribution in [-0.2, 0) is 33.3 Å². The Morgan fingerprint density at radius 1 is 0.552 bits per heavy atom. The standard InChI is InChI=1S/C47H76O11/c1-3-5-7-9-11-13-15-17-18-19-20-21-22-24-25-27-29-31-33-35-40(48)55-37-39(38-56-47-44(52)42(50)43(51)45(58-47)46(53)54)57-41(49)36-34-32-30-28-26-23-16-14-12-10-8-6-4-2/h5,7-8,10-11,13-14,16-18,20-21,39,42-45,47,50-52H,3-4,6,9,12,15,19,22-38H2,1-2H3,(H,53,54)/b7-5-,10-8-,13-11-,16-14-,18-17-,21-20-. The summed E-state index contributed by atoms with van der Waals surface area (Å²) in [6.45, 7) is 3.59. The summed E-state index contributed by atoms with van der Waals surface area (Å²) in [5.74, 6) is -2.49. The van der Waals surface area contributed by atoms with Crippen molar-refractivity contribution in [3.05, 3.63) is 72.9 Å². The van der Waals surface area contributed by atoms with Crippen LogP contribution in [0.2, 0.25) is 0 Å². The van der Waals surface area contributed by atoms with Gasteiger partial charge in [-0.05, 0) is 77.0 Å². The lowest BCUT2D eigenvalue weighted by Crippen LogP contribution is -2.60. The molecule has 4 N–H and O–H groups in total. The molecular weight excluding hydrogens is 741 g/mol. The average molecular weight is 817 g/mol. The van der Waals surface area contributed by atoms with Crippen LogP contribution in [0.5, 0.6) is 0 Å². The number of ether oxygens (including phenoxy) is 4. The Morgan fingerprint density at radius 3 is 1.53 bits per heavy atom. The molecule has 11 nitrogen and oxygen atoms in total. The molecule has 1 heterocycles. The minimum absolute atomic E-state index is 0.159. The fourth-order valence-corrected chi connectivity index (χ4v) is 6.08. The van der Waals surface area contributed by atoms with Gasteiger partial charge in [-0.3, -0.25) is 9.59 Å². The summed E-state index contributed by atoms with van der Waals surface area (Å²) in [4.78, 5) is 36.8. The second-order valence-corrected chi connectivity index (χ2v) is 14.8. The second-order valence-electron chi connectivity index (χ2n) is 14.8. The first-order valence-electron chi connectivity index (χ1n) is 22.0. The van der Waals surface area contributed by atoms with Crippen molar-refractivity contribution >= 4 is 17.9 Å². The number of carboxylic acid groups (broad SMARTS) is 1. The van der Waals surface area contributed by atoms with Crippen LogP contribution in [0.25, 0.3) is 0 Å². The molecule has 0 amide bonds. The molecule has 1 saturated heterocycles. The van der Waals surface area contributed by atoms with Crippen molar-refractivity contribution in [3.8, 4) is 0 Å². The summed E-state index contributed by atoms with van der Waals surface area (Å²) < 4.78 is 21.7. The number of unbranched alkanes of at least 4 members (excludes halogenated alkanes) is 12. The highest BCUT2D eigenvalue weighted by Crippen LogP contribution is 2.23. The Kier molecular flexibility index (Phi) is 33.3. The molecule has 58 heavy (non-hydrogen) atoms. The number of hydrogen-bond donors (Lipinski definition) is 4. The maximum atomic E-state index is 12.7. The predicted molar refractivity (Wildman–Crippen MR) is 229 cm³/mol. The number of carboxylic acids is 1. The predicted octanol–water partition coefficient (Wildman–Crippen LogP) is 9.31. The van der Waals surface area contributed by atoms with Crippen molar-refractivity contribution in [3.63, 3.8) is 0 Å². The average Bonchev–Trinajstić information content (AvgIpc) is 3.21. The maximum Gasteiger partial charge on any atom is 0.335 e. The van der Waals surface area contributed by atoms with Crippen molar-refractivity contribution in [1.29, 1.82) is 0 Å². The lowest BCUT2D eigenvalue weighted by molar-refractivity contribution is -0.298. The number of rotatable bonds is 35. The van der Waals surface area contributed by atoms with E-state index in [2.05, 4.69) is 86.8 Å². The first kappa shape index (κ1) is 52.7. The van der Waals surface area contributed by atoms with Crippen molar-refractivity contribution in [2.75, 3.05) is 13.2 Å². The van der Waals surface area contributed by atoms with Gasteiger partial charge in [0.25, 0.3) is 0 Å². The zero-order chi connectivity index (χ0) is 42.5. The number of allylic oxidation sites excluding steroid dienone is 12. The summed E-state index contributed by atoms with van der Waals surface area (Å²) in [5, 5.41) is 39.8. The van der Waals surface area contributed by atoms with Gasteiger partial charge in [-0.2, -0.15) is 0 Å². The summed E-state index contributed by atoms with van der Waals surface area (Å²) in [7, 11) is 0. The van der Waals surface area contributed by atoms with Gasteiger partial charge in [-0.15, -0.1) is 0 Å². The Morgan fingerprint density at radius 2 is 1.02 bits per heavy atom. The van der Waals surface area contributed by atoms with E-state index in [0.717, 1.165) is 116 Å². The number of carbonyl (C=O) groups excluding carboxylic acids is 2. The second kappa shape index (κ2) is 36.7. The zero-order valence-corrected chi connectivity index (χ0v) is 35.5. The Hall–Kier alpha value is -3.35. The van der Waals surface area contributed by atoms with Crippen LogP contribution in [-0.4, -0.2) is 88.4 Å². The third kappa shape index (κ3) is 28.1. The molecule has 1 aliphatic heterocycles. The highest BCUT2D eigenvalue weighted by Gasteiger charge is 2.47. The molecule has 0 aliphatic carbocycles. The zero-order valence-electron chi connectivity index (χ0n) is 35.5. The molecule has 0 aromatic heterocycles. The molecule has 1 rings (SSSR count). The number of aliphatic carboxylic acids is 1. The van der Waals surface area contributed by atoms with E-state index in [1.165, 1.54) is 0 Å². The number of aliphatic hydroxyl groups is 3. The molecule has 1 aliphatic rings. The fraction of sp³-hybridized carbons (Fsp3) is 0.681. The van der Waals surface area contributed by atoms with Crippen LogP contribution in [0, 0.1) is 0 Å². The van der Waals surface area contributed by atoms with E-state index in [1.54, 1.807) is 0 Å². The van der Waals surface area contributed by atoms with E-state index in [4.69, 9.17) is 18.9 Å². The van der Waals surface area contributed by atoms with Crippen LogP contribution in [0.1, 0.15) is 155 Å². The molecule has 0 bridgehead atoms. The molecule has 0 radical (unpaired) electrons. The first-order chi connectivity index (χ1) is 28.2. The maximum absolute atomic E-state index is 12.7. The van der Waals surface area contributed by atoms with Gasteiger partial charge in [-0.1, -0.05) is 138 Å². The van der Waals surface area contributed by atoms with Gasteiger partial charge in [0.1, 0.15) is 24.9 Å². The third-order valence-corrected chi connectivity index (χ3v) is 9.52. The number of hydrogen-bond acceptors (Lipinski definition) is 10. The number of aliphatic hydroxyl groups excluding tert-OH is 3. The van der Waals surface area contributed by atoms with Crippen LogP contribution in [0.3, 0.4) is 0 Å². The van der Waals surface area contributed by atoms with E-state index in [-0.39, 0.29) is 19.4 Å². The minimum Gasteiger partial charge on any atom is -0.479 e. The SMILES string of the molecule is CC/C=C\C/C=C\C/C=C\C/C=C\CCCCCCCCC(=O)OCC(COC1OC(C(=O)O)C(O)C(O)C1O)OC(=O)CCCCCCC/C=C\C/C=C\CCC. The van der Waals surface area contributed by atoms with E-state index in [0.29, 0.717) is 12.8 Å². The lowest BCUT2D eigenvalue weighted by Gasteiger charge is -2.38. The highest BCUT2D eigenvalue weighted by atomic mass is 16.7. The molecule has 6 atom stereocenters. The van der Waals surface area contributed by atoms with Gasteiger partial charge in [0.15, 0.2) is 18.5 Å². The van der Waals surface area contributed by atoms with Crippen molar-refractivity contribution in [2.45, 2.75) is 192 Å². The highest BCUT2D eigenvalue weighted by molar-refractivity contribution is 5.73. The molecular formula is C47H76O11. The molecule has 6 unspecified atom stereocenters. The molecule has 1 fully saturated rings. The molecule has 11 heteroatoms. The molecule has 0 aromatic carbocycles. The van der Waals surface area contributed by atoms with E-state index >= 15 is 0 Å². The van der Waals surface area contributed by atoms with E-state index in [9.17, 15) is 34.8 Å². The summed E-state index contributed by atoms with van der Waals surface area (Å²) in [5.41, 5.74) is 0. The van der Waals surface area contributed by atoms with Gasteiger partial charge in [0, 0.05) is 12.8 Å². The van der Waals surface area contributed by atoms with Crippen molar-refractivity contribution < 1.29 is 53.8 Å². The monoisotopic (exact) mass is 817 g/mol. The third-order valence-electron chi connectivity index (χ3n) is 9.52. The molecule has 0 saturated carbocycles. The van der Waals surface area contributed by atoms with Crippen LogP contribution >= 0.6 is 0 Å². The Balaban J connectivity index is 2.39. The van der Waals surface area contributed by atoms with Crippen molar-refractivity contribution in [1.82, 2.24) is 0 Å². The van der Waals surface area contributed by atoms with Gasteiger partial charge in [0.2, 0.25) is 0 Å². The normalized spacial score (nSPS) is 20.7.